The number of carbonyl (C=O) groups excluding carboxylic acids is 2. The molecule has 2 unspecified atom stereocenters. The molecule has 2 fully saturated rings. The third-order valence-corrected chi connectivity index (χ3v) is 6.91. The molecule has 8 nitrogen and oxygen atoms in total. The molecule has 3 rings (SSSR count). The van der Waals surface area contributed by atoms with Crippen LogP contribution in [0.2, 0.25) is 0 Å². The lowest BCUT2D eigenvalue weighted by molar-refractivity contribution is -0.190. The van der Waals surface area contributed by atoms with E-state index in [4.69, 9.17) is 19.7 Å². The van der Waals surface area contributed by atoms with E-state index < -0.39 is 47.9 Å². The van der Waals surface area contributed by atoms with Crippen LogP contribution in [0.4, 0.5) is 0 Å². The monoisotopic (exact) mass is 422 g/mol. The fourth-order valence-electron chi connectivity index (χ4n) is 5.79. The summed E-state index contributed by atoms with van der Waals surface area (Å²) >= 11 is 0. The number of rotatable bonds is 8. The van der Waals surface area contributed by atoms with Crippen LogP contribution in [-0.2, 0) is 28.7 Å². The first-order valence-electron chi connectivity index (χ1n) is 10.8. The highest BCUT2D eigenvalue weighted by atomic mass is 16.6. The van der Waals surface area contributed by atoms with Gasteiger partial charge in [-0.3, -0.25) is 19.2 Å². The van der Waals surface area contributed by atoms with Crippen LogP contribution in [0, 0.1) is 11.8 Å². The molecule has 0 aromatic carbocycles. The Morgan fingerprint density at radius 2 is 1.03 bits per heavy atom. The van der Waals surface area contributed by atoms with E-state index in [9.17, 15) is 19.2 Å². The zero-order chi connectivity index (χ0) is 21.8. The highest BCUT2D eigenvalue weighted by molar-refractivity contribution is 5.90. The Morgan fingerprint density at radius 3 is 1.33 bits per heavy atom. The first-order valence-corrected chi connectivity index (χ1v) is 10.8. The van der Waals surface area contributed by atoms with E-state index in [1.807, 2.05) is 12.2 Å². The number of hydrogen-bond donors (Lipinski definition) is 2. The highest BCUT2D eigenvalue weighted by Gasteiger charge is 2.56. The molecule has 0 saturated heterocycles. The van der Waals surface area contributed by atoms with Crippen molar-refractivity contribution in [1.29, 1.82) is 0 Å². The van der Waals surface area contributed by atoms with E-state index in [1.165, 1.54) is 0 Å². The van der Waals surface area contributed by atoms with Crippen LogP contribution < -0.4 is 0 Å². The number of carboxylic acid groups (broad SMARTS) is 2. The normalized spacial score (nSPS) is 26.8. The van der Waals surface area contributed by atoms with Crippen molar-refractivity contribution in [1.82, 2.24) is 0 Å². The number of carbonyl (C=O) groups is 4. The summed E-state index contributed by atoms with van der Waals surface area (Å²) in [7, 11) is 0. The van der Waals surface area contributed by atoms with Gasteiger partial charge in [0, 0.05) is 11.8 Å². The van der Waals surface area contributed by atoms with Gasteiger partial charge in [0.2, 0.25) is 0 Å². The van der Waals surface area contributed by atoms with Crippen molar-refractivity contribution in [3.05, 3.63) is 12.2 Å². The minimum atomic E-state index is -1.22. The summed E-state index contributed by atoms with van der Waals surface area (Å²) in [5, 5.41) is 17.9. The molecule has 2 N–H and O–H groups in total. The molecule has 8 heteroatoms. The van der Waals surface area contributed by atoms with Crippen LogP contribution in [0.15, 0.2) is 12.2 Å². The fraction of sp³-hybridized carbons (Fsp3) is 0.727. The molecule has 0 aromatic heterocycles. The van der Waals surface area contributed by atoms with E-state index in [1.54, 1.807) is 0 Å². The van der Waals surface area contributed by atoms with Crippen molar-refractivity contribution >= 4 is 23.9 Å². The zero-order valence-corrected chi connectivity index (χ0v) is 17.1. The van der Waals surface area contributed by atoms with Crippen molar-refractivity contribution in [2.45, 2.75) is 88.3 Å². The minimum absolute atomic E-state index is 0.0986. The molecule has 0 aromatic rings. The molecule has 2 atom stereocenters. The second kappa shape index (κ2) is 9.18. The molecule has 0 heterocycles. The Kier molecular flexibility index (Phi) is 6.83. The van der Waals surface area contributed by atoms with Crippen LogP contribution in [0.5, 0.6) is 0 Å². The maximum absolute atomic E-state index is 12.3. The number of esters is 2. The zero-order valence-electron chi connectivity index (χ0n) is 17.1. The number of carboxylic acids is 2. The van der Waals surface area contributed by atoms with Gasteiger partial charge in [-0.2, -0.15) is 0 Å². The average molecular weight is 422 g/mol. The summed E-state index contributed by atoms with van der Waals surface area (Å²) in [5.41, 5.74) is -1.53. The third kappa shape index (κ3) is 4.84. The Morgan fingerprint density at radius 1 is 0.700 bits per heavy atom. The molecule has 3 aliphatic carbocycles. The Hall–Kier alpha value is -2.38. The maximum Gasteiger partial charge on any atom is 0.317 e. The number of ether oxygens (including phenoxy) is 2. The van der Waals surface area contributed by atoms with E-state index in [-0.39, 0.29) is 11.8 Å². The van der Waals surface area contributed by atoms with Crippen LogP contribution in [-0.4, -0.2) is 45.3 Å². The lowest BCUT2D eigenvalue weighted by atomic mass is 9.64. The van der Waals surface area contributed by atoms with Crippen molar-refractivity contribution in [2.75, 3.05) is 0 Å². The van der Waals surface area contributed by atoms with E-state index in [0.717, 1.165) is 25.7 Å². The molecule has 30 heavy (non-hydrogen) atoms. The predicted molar refractivity (Wildman–Crippen MR) is 104 cm³/mol. The summed E-state index contributed by atoms with van der Waals surface area (Å²) in [5.74, 6) is -4.11. The van der Waals surface area contributed by atoms with Crippen LogP contribution in [0.3, 0.4) is 0 Å². The van der Waals surface area contributed by atoms with Crippen molar-refractivity contribution < 1.29 is 38.9 Å². The Balaban J connectivity index is 1.88. The molecule has 0 bridgehead atoms. The predicted octanol–water partition coefficient (Wildman–Crippen LogP) is 3.23. The molecule has 0 spiro atoms. The number of aliphatic carboxylic acids is 2. The van der Waals surface area contributed by atoms with Crippen molar-refractivity contribution in [2.24, 2.45) is 11.8 Å². The molecule has 166 valence electrons. The van der Waals surface area contributed by atoms with Gasteiger partial charge in [0.15, 0.2) is 0 Å². The summed E-state index contributed by atoms with van der Waals surface area (Å²) < 4.78 is 11.7. The fourth-order valence-corrected chi connectivity index (χ4v) is 5.79. The maximum atomic E-state index is 12.3. The first-order chi connectivity index (χ1) is 14.3. The molecule has 3 aliphatic rings. The Bertz CT molecular complexity index is 653. The highest BCUT2D eigenvalue weighted by Crippen LogP contribution is 2.54. The van der Waals surface area contributed by atoms with Gasteiger partial charge in [-0.05, 0) is 64.2 Å². The second-order valence-electron chi connectivity index (χ2n) is 8.79. The van der Waals surface area contributed by atoms with E-state index in [0.29, 0.717) is 38.5 Å². The molecular weight excluding hydrogens is 392 g/mol. The van der Waals surface area contributed by atoms with Gasteiger partial charge in [0.1, 0.15) is 24.0 Å². The molecule has 0 amide bonds. The Labute approximate surface area is 175 Å². The standard InChI is InChI=1S/C22H30O8/c23-17(24)13-19(27)29-21(9-3-4-10-21)15-7-1-2-8-16(15)22(11-5-6-12-22)30-20(28)14-18(25)26/h1-2,15-16H,3-14H2,(H,23,24)(H,25,26). The number of hydrogen-bond acceptors (Lipinski definition) is 6. The summed E-state index contributed by atoms with van der Waals surface area (Å²) in [6.07, 6.45) is 10.3. The molecule has 0 aliphatic heterocycles. The van der Waals surface area contributed by atoms with Gasteiger partial charge < -0.3 is 19.7 Å². The SMILES string of the molecule is O=C(O)CC(=O)OC1(C2CC=CCC2C2(OC(=O)CC(=O)O)CCCC2)CCCC1. The molecular formula is C22H30O8. The van der Waals surface area contributed by atoms with Gasteiger partial charge in [-0.15, -0.1) is 0 Å². The van der Waals surface area contributed by atoms with Gasteiger partial charge in [-0.25, -0.2) is 0 Å². The summed E-state index contributed by atoms with van der Waals surface area (Å²) in [6, 6.07) is 0. The van der Waals surface area contributed by atoms with Gasteiger partial charge in [-0.1, -0.05) is 12.2 Å². The average Bonchev–Trinajstić information content (AvgIpc) is 3.31. The third-order valence-electron chi connectivity index (χ3n) is 6.91. The van der Waals surface area contributed by atoms with E-state index >= 15 is 0 Å². The lowest BCUT2D eigenvalue weighted by Gasteiger charge is -2.48. The van der Waals surface area contributed by atoms with E-state index in [2.05, 4.69) is 0 Å². The summed E-state index contributed by atoms with van der Waals surface area (Å²) in [6.45, 7) is 0. The van der Waals surface area contributed by atoms with Gasteiger partial charge >= 0.3 is 23.9 Å². The first kappa shape index (κ1) is 22.3. The quantitative estimate of drug-likeness (QED) is 0.347. The minimum Gasteiger partial charge on any atom is -0.481 e. The van der Waals surface area contributed by atoms with Crippen LogP contribution in [0.1, 0.15) is 77.0 Å². The second-order valence-corrected chi connectivity index (χ2v) is 8.79. The summed E-state index contributed by atoms with van der Waals surface area (Å²) in [4.78, 5) is 46.5. The smallest absolute Gasteiger partial charge is 0.317 e. The van der Waals surface area contributed by atoms with Crippen molar-refractivity contribution in [3.63, 3.8) is 0 Å². The van der Waals surface area contributed by atoms with Crippen LogP contribution in [0.25, 0.3) is 0 Å². The molecule has 2 saturated carbocycles. The number of allylic oxidation sites excluding steroid dienone is 2. The van der Waals surface area contributed by atoms with Gasteiger partial charge in [0.05, 0.1) is 0 Å². The lowest BCUT2D eigenvalue weighted by Crippen LogP contribution is -2.53. The largest absolute Gasteiger partial charge is 0.481 e. The van der Waals surface area contributed by atoms with Gasteiger partial charge in [0.25, 0.3) is 0 Å². The topological polar surface area (TPSA) is 127 Å². The van der Waals surface area contributed by atoms with Crippen LogP contribution >= 0.6 is 0 Å². The van der Waals surface area contributed by atoms with Crippen molar-refractivity contribution in [3.8, 4) is 0 Å². The molecule has 0 radical (unpaired) electrons.